The molecule has 294 valence electrons. The molecule has 4 saturated heterocycles. The average Bonchev–Trinajstić information content (AvgIpc) is 3.12. The molecule has 1 atom stereocenters. The summed E-state index contributed by atoms with van der Waals surface area (Å²) < 4.78 is 29.2. The van der Waals surface area contributed by atoms with E-state index in [9.17, 15) is 23.5 Å². The summed E-state index contributed by atoms with van der Waals surface area (Å²) in [6.45, 7) is 18.2. The number of benzene rings is 2. The molecule has 1 unspecified atom stereocenters. The highest BCUT2D eigenvalue weighted by atomic mass is 19.3. The van der Waals surface area contributed by atoms with E-state index >= 15 is 0 Å². The summed E-state index contributed by atoms with van der Waals surface area (Å²) in [5, 5.41) is 10.0. The fraction of sp³-hybridized carbons (Fsp3) is 0.682. The molecule has 0 spiro atoms. The smallest absolute Gasteiger partial charge is 0.270 e. The van der Waals surface area contributed by atoms with Crippen LogP contribution in [0.5, 0.6) is 0 Å². The van der Waals surface area contributed by atoms with Gasteiger partial charge in [0.1, 0.15) is 0 Å². The monoisotopic (exact) mass is 737 g/mol. The van der Waals surface area contributed by atoms with Crippen molar-refractivity contribution in [3.8, 4) is 0 Å². The molecule has 0 saturated carbocycles. The highest BCUT2D eigenvalue weighted by molar-refractivity contribution is 5.84. The molecule has 0 radical (unpaired) electrons. The Hall–Kier alpha value is -2.72. The number of hydrogen-bond donors (Lipinski definition) is 1. The zero-order chi connectivity index (χ0) is 38.3. The van der Waals surface area contributed by atoms with E-state index in [0.29, 0.717) is 56.8 Å². The van der Waals surface area contributed by atoms with Gasteiger partial charge in [0.25, 0.3) is 5.92 Å². The van der Waals surface area contributed by atoms with Crippen LogP contribution in [0.1, 0.15) is 120 Å². The number of alkyl halides is 2. The van der Waals surface area contributed by atoms with Gasteiger partial charge in [-0.05, 0) is 140 Å². The lowest BCUT2D eigenvalue weighted by atomic mass is 9.86. The van der Waals surface area contributed by atoms with E-state index in [0.717, 1.165) is 51.9 Å². The van der Waals surface area contributed by atoms with Crippen molar-refractivity contribution in [2.75, 3.05) is 65.4 Å². The average molecular weight is 737 g/mol. The number of likely N-dealkylation sites (tertiary alicyclic amines) is 4. The van der Waals surface area contributed by atoms with Crippen LogP contribution >= 0.6 is 0 Å². The molecule has 9 heteroatoms. The Bertz CT molecular complexity index is 1450. The molecule has 1 N–H and O–H groups in total. The van der Waals surface area contributed by atoms with Crippen molar-refractivity contribution in [1.82, 2.24) is 19.6 Å². The zero-order valence-electron chi connectivity index (χ0n) is 33.3. The summed E-state index contributed by atoms with van der Waals surface area (Å²) in [5.74, 6) is -2.45. The first kappa shape index (κ1) is 41.4. The number of nitrogens with zero attached hydrogens (tertiary/aromatic N) is 4. The number of carbonyl (C=O) groups excluding carboxylic acids is 2. The van der Waals surface area contributed by atoms with E-state index in [2.05, 4.69) is 79.1 Å². The minimum absolute atomic E-state index is 0.0885. The number of piperidine rings is 4. The van der Waals surface area contributed by atoms with E-state index in [1.54, 1.807) is 4.90 Å². The molecule has 7 nitrogen and oxygen atoms in total. The van der Waals surface area contributed by atoms with Gasteiger partial charge in [-0.2, -0.15) is 0 Å². The standard InChI is InChI=1S/C24H36F2N2O.C20H30N2O2/c1-17(2)19-5-7-20(8-6-19)21-9-12-27(13-10-21)15-23(29)22-11-14-28(18(3)4)16-24(22,25)26;1-16-3-5-17(6-4-16)18-7-11-21(12-8-18)15-19(23)22-13-9-20(2,24)10-14-22/h5-8,17-18,21-22H,9-16H2,1-4H3;3-6,18,24H,7-15H2,1-2H3. The molecule has 4 heterocycles. The second-order valence-electron chi connectivity index (χ2n) is 17.3. The van der Waals surface area contributed by atoms with Crippen LogP contribution in [0.15, 0.2) is 48.5 Å². The van der Waals surface area contributed by atoms with Crippen LogP contribution < -0.4 is 0 Å². The predicted molar refractivity (Wildman–Crippen MR) is 210 cm³/mol. The van der Waals surface area contributed by atoms with Crippen molar-refractivity contribution in [2.24, 2.45) is 5.92 Å². The quantitative estimate of drug-likeness (QED) is 0.288. The first-order valence-corrected chi connectivity index (χ1v) is 20.4. The topological polar surface area (TPSA) is 67.3 Å². The van der Waals surface area contributed by atoms with E-state index < -0.39 is 17.4 Å². The number of aliphatic hydroxyl groups is 1. The van der Waals surface area contributed by atoms with Crippen molar-refractivity contribution in [1.29, 1.82) is 0 Å². The summed E-state index contributed by atoms with van der Waals surface area (Å²) in [4.78, 5) is 33.2. The largest absolute Gasteiger partial charge is 0.390 e. The van der Waals surface area contributed by atoms with Gasteiger partial charge < -0.3 is 10.0 Å². The number of amides is 1. The maximum atomic E-state index is 14.6. The number of hydrogen-bond acceptors (Lipinski definition) is 6. The number of halogens is 2. The number of Topliss-reactive ketones (excluding diaryl/α,β-unsaturated/α-hetero) is 1. The molecule has 4 fully saturated rings. The summed E-state index contributed by atoms with van der Waals surface area (Å²) in [5.41, 5.74) is 4.85. The van der Waals surface area contributed by atoms with Crippen molar-refractivity contribution < 1.29 is 23.5 Å². The van der Waals surface area contributed by atoms with Crippen molar-refractivity contribution >= 4 is 11.7 Å². The van der Waals surface area contributed by atoms with E-state index in [1.807, 2.05) is 25.7 Å². The summed E-state index contributed by atoms with van der Waals surface area (Å²) in [7, 11) is 0. The lowest BCUT2D eigenvalue weighted by molar-refractivity contribution is -0.152. The Kier molecular flexibility index (Phi) is 14.3. The molecule has 2 aromatic carbocycles. The molecule has 6 rings (SSSR count). The van der Waals surface area contributed by atoms with Crippen molar-refractivity contribution in [3.05, 3.63) is 70.8 Å². The molecular weight excluding hydrogens is 671 g/mol. The molecule has 0 bridgehead atoms. The third-order valence-electron chi connectivity index (χ3n) is 12.5. The van der Waals surface area contributed by atoms with E-state index in [1.165, 1.54) is 22.3 Å². The van der Waals surface area contributed by atoms with Crippen molar-refractivity contribution in [3.63, 3.8) is 0 Å². The van der Waals surface area contributed by atoms with Crippen LogP contribution in [0.3, 0.4) is 0 Å². The fourth-order valence-electron chi connectivity index (χ4n) is 8.50. The summed E-state index contributed by atoms with van der Waals surface area (Å²) in [6, 6.07) is 17.8. The highest BCUT2D eigenvalue weighted by Gasteiger charge is 2.48. The summed E-state index contributed by atoms with van der Waals surface area (Å²) in [6.07, 6.45) is 5.87. The van der Waals surface area contributed by atoms with Crippen LogP contribution in [-0.4, -0.2) is 119 Å². The Morgan fingerprint density at radius 2 is 1.23 bits per heavy atom. The van der Waals surface area contributed by atoms with Crippen LogP contribution in [0, 0.1) is 12.8 Å². The van der Waals surface area contributed by atoms with Gasteiger partial charge in [-0.15, -0.1) is 0 Å². The van der Waals surface area contributed by atoms with Crippen LogP contribution in [0.4, 0.5) is 8.78 Å². The normalized spacial score (nSPS) is 23.5. The van der Waals surface area contributed by atoms with Gasteiger partial charge in [0, 0.05) is 19.1 Å². The minimum atomic E-state index is -2.92. The minimum Gasteiger partial charge on any atom is -0.390 e. The van der Waals surface area contributed by atoms with E-state index in [-0.39, 0.29) is 37.2 Å². The number of aryl methyl sites for hydroxylation is 1. The number of ketones is 1. The van der Waals surface area contributed by atoms with Crippen LogP contribution in [0.2, 0.25) is 0 Å². The Labute approximate surface area is 318 Å². The van der Waals surface area contributed by atoms with Gasteiger partial charge in [-0.1, -0.05) is 67.9 Å². The van der Waals surface area contributed by atoms with Gasteiger partial charge in [0.05, 0.1) is 31.2 Å². The van der Waals surface area contributed by atoms with Crippen LogP contribution in [0.25, 0.3) is 0 Å². The Balaban J connectivity index is 0.000000208. The van der Waals surface area contributed by atoms with E-state index in [4.69, 9.17) is 0 Å². The maximum Gasteiger partial charge on any atom is 0.270 e. The summed E-state index contributed by atoms with van der Waals surface area (Å²) >= 11 is 0. The molecule has 4 aliphatic rings. The molecule has 0 aliphatic carbocycles. The fourth-order valence-corrected chi connectivity index (χ4v) is 8.50. The first-order chi connectivity index (χ1) is 25.1. The lowest BCUT2D eigenvalue weighted by Gasteiger charge is -2.40. The number of rotatable bonds is 9. The maximum absolute atomic E-state index is 14.6. The molecule has 0 aromatic heterocycles. The Morgan fingerprint density at radius 3 is 1.70 bits per heavy atom. The number of carbonyl (C=O) groups is 2. The highest BCUT2D eigenvalue weighted by Crippen LogP contribution is 2.36. The van der Waals surface area contributed by atoms with Gasteiger partial charge in [-0.25, -0.2) is 8.78 Å². The molecule has 53 heavy (non-hydrogen) atoms. The SMILES string of the molecule is CC(C)c1ccc(C2CCN(CC(=O)C3CCN(C(C)C)CC3(F)F)CC2)cc1.Cc1ccc(C2CCN(CC(=O)N3CCC(C)(O)CC3)CC2)cc1. The second kappa shape index (κ2) is 18.3. The Morgan fingerprint density at radius 1 is 0.736 bits per heavy atom. The molecular formula is C44H66F2N4O3. The van der Waals surface area contributed by atoms with Gasteiger partial charge in [0.15, 0.2) is 5.78 Å². The third-order valence-corrected chi connectivity index (χ3v) is 12.5. The third kappa shape index (κ3) is 11.6. The molecule has 1 amide bonds. The van der Waals surface area contributed by atoms with Gasteiger partial charge in [0.2, 0.25) is 5.91 Å². The predicted octanol–water partition coefficient (Wildman–Crippen LogP) is 7.47. The second-order valence-corrected chi connectivity index (χ2v) is 17.3. The van der Waals surface area contributed by atoms with Gasteiger partial charge >= 0.3 is 0 Å². The van der Waals surface area contributed by atoms with Gasteiger partial charge in [-0.3, -0.25) is 24.3 Å². The zero-order valence-corrected chi connectivity index (χ0v) is 33.3. The first-order valence-electron chi connectivity index (χ1n) is 20.4. The molecule has 4 aliphatic heterocycles. The van der Waals surface area contributed by atoms with Crippen LogP contribution in [-0.2, 0) is 9.59 Å². The molecule has 2 aromatic rings. The van der Waals surface area contributed by atoms with Crippen molar-refractivity contribution in [2.45, 2.75) is 122 Å². The lowest BCUT2D eigenvalue weighted by Crippen LogP contribution is -2.54.